The van der Waals surface area contributed by atoms with Crippen molar-refractivity contribution in [3.63, 3.8) is 0 Å². The molecule has 4 aromatic carbocycles. The number of thiazole rings is 1. The summed E-state index contributed by atoms with van der Waals surface area (Å²) in [5.41, 5.74) is 3.42. The Labute approximate surface area is 290 Å². The van der Waals surface area contributed by atoms with Crippen LogP contribution in [0.25, 0.3) is 16.8 Å². The summed E-state index contributed by atoms with van der Waals surface area (Å²) in [4.78, 5) is 35.0. The topological polar surface area (TPSA) is 73.1 Å². The number of likely N-dealkylation sites (N-methyl/N-ethyl adjacent to an activating group) is 1. The molecule has 0 aliphatic carbocycles. The molecule has 0 spiro atoms. The molecule has 0 saturated heterocycles. The number of nitrogens with zero attached hydrogens (tertiary/aromatic N) is 3. The van der Waals surface area contributed by atoms with E-state index in [4.69, 9.17) is 26.1 Å². The zero-order valence-corrected chi connectivity index (χ0v) is 29.6. The fraction of sp³-hybridized carbons (Fsp3) is 0.216. The number of halogens is 2. The molecule has 1 aromatic heterocycles. The first kappa shape index (κ1) is 32.7. The van der Waals surface area contributed by atoms with E-state index in [9.17, 15) is 9.59 Å². The van der Waals surface area contributed by atoms with Crippen LogP contribution in [0.2, 0.25) is 5.02 Å². The molecule has 0 saturated carbocycles. The van der Waals surface area contributed by atoms with Crippen LogP contribution >= 0.6 is 38.9 Å². The average Bonchev–Trinajstić information content (AvgIpc) is 3.37. The molecule has 0 bridgehead atoms. The molecule has 0 N–H and O–H groups in total. The predicted molar refractivity (Wildman–Crippen MR) is 192 cm³/mol. The number of aromatic nitrogens is 1. The van der Waals surface area contributed by atoms with Gasteiger partial charge < -0.3 is 14.4 Å². The van der Waals surface area contributed by atoms with E-state index in [2.05, 4.69) is 40.2 Å². The van der Waals surface area contributed by atoms with Crippen LogP contribution in [0, 0.1) is 0 Å². The third-order valence-corrected chi connectivity index (χ3v) is 10.1. The first-order valence-electron chi connectivity index (χ1n) is 15.3. The second-order valence-electron chi connectivity index (χ2n) is 11.1. The van der Waals surface area contributed by atoms with Gasteiger partial charge in [-0.25, -0.2) is 4.99 Å². The zero-order chi connectivity index (χ0) is 33.2. The van der Waals surface area contributed by atoms with Gasteiger partial charge in [-0.15, -0.1) is 0 Å². The molecule has 0 fully saturated rings. The number of rotatable bonds is 9. The summed E-state index contributed by atoms with van der Waals surface area (Å²) in [5, 5.41) is 2.85. The number of carbonyl (C=O) groups excluding carboxylic acids is 1. The van der Waals surface area contributed by atoms with Crippen LogP contribution in [-0.2, 0) is 11.4 Å². The van der Waals surface area contributed by atoms with Crippen molar-refractivity contribution in [1.29, 1.82) is 0 Å². The van der Waals surface area contributed by atoms with E-state index < -0.39 is 6.04 Å². The van der Waals surface area contributed by atoms with Gasteiger partial charge in [0.25, 0.3) is 11.5 Å². The second kappa shape index (κ2) is 13.9. The monoisotopic (exact) mass is 729 g/mol. The van der Waals surface area contributed by atoms with E-state index >= 15 is 0 Å². The summed E-state index contributed by atoms with van der Waals surface area (Å²) < 4.78 is 14.8. The van der Waals surface area contributed by atoms with Gasteiger partial charge in [-0.2, -0.15) is 0 Å². The molecule has 1 aliphatic heterocycles. The summed E-state index contributed by atoms with van der Waals surface area (Å²) in [6.07, 6.45) is 1.82. The third-order valence-electron chi connectivity index (χ3n) is 8.29. The maximum absolute atomic E-state index is 14.2. The highest BCUT2D eigenvalue weighted by Gasteiger charge is 2.34. The Balaban J connectivity index is 1.40. The van der Waals surface area contributed by atoms with Crippen molar-refractivity contribution >= 4 is 61.6 Å². The normalized spacial score (nSPS) is 14.6. The molecule has 5 aromatic rings. The van der Waals surface area contributed by atoms with Crippen molar-refractivity contribution in [2.45, 2.75) is 33.4 Å². The van der Waals surface area contributed by atoms with Crippen LogP contribution in [0.3, 0.4) is 0 Å². The van der Waals surface area contributed by atoms with Gasteiger partial charge in [-0.3, -0.25) is 14.2 Å². The van der Waals surface area contributed by atoms with Gasteiger partial charge in [-0.05, 0) is 94.5 Å². The van der Waals surface area contributed by atoms with E-state index in [0.29, 0.717) is 61.3 Å². The third kappa shape index (κ3) is 6.40. The lowest BCUT2D eigenvalue weighted by molar-refractivity contribution is -0.127. The van der Waals surface area contributed by atoms with Crippen molar-refractivity contribution < 1.29 is 14.3 Å². The van der Waals surface area contributed by atoms with Crippen molar-refractivity contribution in [3.8, 4) is 11.5 Å². The van der Waals surface area contributed by atoms with E-state index in [1.54, 1.807) is 28.7 Å². The Morgan fingerprint density at radius 2 is 1.79 bits per heavy atom. The van der Waals surface area contributed by atoms with Crippen LogP contribution in [0.4, 0.5) is 0 Å². The minimum atomic E-state index is -0.648. The van der Waals surface area contributed by atoms with Gasteiger partial charge in [0.1, 0.15) is 6.61 Å². The number of amides is 1. The fourth-order valence-corrected chi connectivity index (χ4v) is 7.67. The molecule has 47 heavy (non-hydrogen) atoms. The van der Waals surface area contributed by atoms with Gasteiger partial charge in [0.15, 0.2) is 16.3 Å². The lowest BCUT2D eigenvalue weighted by atomic mass is 9.94. The predicted octanol–water partition coefficient (Wildman–Crippen LogP) is 7.26. The Morgan fingerprint density at radius 1 is 1.06 bits per heavy atom. The molecule has 0 unspecified atom stereocenters. The molecule has 240 valence electrons. The molecule has 7 nitrogen and oxygen atoms in total. The SMILES string of the molecule is CCN(CC)C(=O)C1=C(C)N=c2s/c(=C/c3cc(Br)c(OCc4cccc5ccccc45)c(OC)c3)c(=O)n2[C@@H]1c1ccc(Cl)cc1. The smallest absolute Gasteiger partial charge is 0.271 e. The van der Waals surface area contributed by atoms with Gasteiger partial charge in [-0.1, -0.05) is 77.5 Å². The number of hydrogen-bond donors (Lipinski definition) is 0. The minimum Gasteiger partial charge on any atom is -0.493 e. The first-order valence-corrected chi connectivity index (χ1v) is 17.3. The van der Waals surface area contributed by atoms with Crippen molar-refractivity contribution in [1.82, 2.24) is 9.47 Å². The lowest BCUT2D eigenvalue weighted by Crippen LogP contribution is -2.43. The number of hydrogen-bond acceptors (Lipinski definition) is 6. The molecule has 6 rings (SSSR count). The maximum atomic E-state index is 14.2. The molecular formula is C37H33BrClN3O4S. The number of carbonyl (C=O) groups is 1. The second-order valence-corrected chi connectivity index (χ2v) is 13.4. The molecule has 1 aliphatic rings. The van der Waals surface area contributed by atoms with Gasteiger partial charge in [0.2, 0.25) is 0 Å². The van der Waals surface area contributed by atoms with E-state index in [-0.39, 0.29) is 11.5 Å². The quantitative estimate of drug-likeness (QED) is 0.160. The zero-order valence-electron chi connectivity index (χ0n) is 26.4. The molecule has 2 heterocycles. The van der Waals surface area contributed by atoms with E-state index in [1.807, 2.05) is 69.3 Å². The highest BCUT2D eigenvalue weighted by atomic mass is 79.9. The van der Waals surface area contributed by atoms with Gasteiger partial charge in [0.05, 0.1) is 33.4 Å². The number of benzene rings is 4. The number of allylic oxidation sites excluding steroid dienone is 1. The van der Waals surface area contributed by atoms with Crippen molar-refractivity contribution in [3.05, 3.63) is 136 Å². The Hall–Kier alpha value is -4.18. The van der Waals surface area contributed by atoms with Gasteiger partial charge >= 0.3 is 0 Å². The average molecular weight is 731 g/mol. The molecule has 1 atom stereocenters. The van der Waals surface area contributed by atoms with Crippen LogP contribution in [-0.4, -0.2) is 35.6 Å². The number of methoxy groups -OCH3 is 1. The summed E-state index contributed by atoms with van der Waals surface area (Å²) in [6, 6.07) is 24.7. The first-order chi connectivity index (χ1) is 22.7. The van der Waals surface area contributed by atoms with Gasteiger partial charge in [0, 0.05) is 18.1 Å². The van der Waals surface area contributed by atoms with Crippen LogP contribution in [0.5, 0.6) is 11.5 Å². The molecule has 1 amide bonds. The minimum absolute atomic E-state index is 0.141. The van der Waals surface area contributed by atoms with Crippen molar-refractivity contribution in [2.24, 2.45) is 4.99 Å². The van der Waals surface area contributed by atoms with E-state index in [0.717, 1.165) is 27.5 Å². The molecular weight excluding hydrogens is 698 g/mol. The van der Waals surface area contributed by atoms with Crippen LogP contribution in [0.15, 0.2) is 104 Å². The largest absolute Gasteiger partial charge is 0.493 e. The highest BCUT2D eigenvalue weighted by Crippen LogP contribution is 2.38. The summed E-state index contributed by atoms with van der Waals surface area (Å²) in [6.45, 7) is 7.15. The molecule has 10 heteroatoms. The Bertz CT molecular complexity index is 2200. The van der Waals surface area contributed by atoms with Crippen molar-refractivity contribution in [2.75, 3.05) is 20.2 Å². The Kier molecular flexibility index (Phi) is 9.68. The Morgan fingerprint density at radius 3 is 2.51 bits per heavy atom. The maximum Gasteiger partial charge on any atom is 0.271 e. The highest BCUT2D eigenvalue weighted by molar-refractivity contribution is 9.10. The summed E-state index contributed by atoms with van der Waals surface area (Å²) in [5.74, 6) is 0.954. The number of ether oxygens (including phenoxy) is 2. The lowest BCUT2D eigenvalue weighted by Gasteiger charge is -2.29. The van der Waals surface area contributed by atoms with E-state index in [1.165, 1.54) is 11.3 Å². The standard InChI is InChI=1S/C37H33BrClN3O4S/c1-5-41(6-2)36(44)32-22(3)40-37-42(33(32)25-14-16-27(39)17-15-25)35(43)31(47-37)20-23-18-29(38)34(30(19-23)45-4)46-21-26-12-9-11-24-10-7-8-13-28(24)26/h7-20,33H,5-6,21H2,1-4H3/b31-20+/t33-/m1/s1. The summed E-state index contributed by atoms with van der Waals surface area (Å²) >= 11 is 11.2. The summed E-state index contributed by atoms with van der Waals surface area (Å²) in [7, 11) is 1.59. The van der Waals surface area contributed by atoms with Crippen LogP contribution < -0.4 is 24.4 Å². The molecule has 0 radical (unpaired) electrons. The fourth-order valence-electron chi connectivity index (χ4n) is 5.92. The number of fused-ring (bicyclic) bond motifs is 2. The van der Waals surface area contributed by atoms with Crippen LogP contribution in [0.1, 0.15) is 43.5 Å².